The molecule has 1 aromatic heterocycles. The van der Waals surface area contributed by atoms with Crippen molar-refractivity contribution >= 4 is 12.8 Å². The predicted molar refractivity (Wildman–Crippen MR) is 106 cm³/mol. The topological polar surface area (TPSA) is 57.1 Å². The molecule has 0 atom stereocenters. The number of benzene rings is 2. The Morgan fingerprint density at radius 1 is 0.714 bits per heavy atom. The van der Waals surface area contributed by atoms with Crippen LogP contribution in [0.4, 0.5) is 4.39 Å². The lowest BCUT2D eigenvalue weighted by Gasteiger charge is -2.32. The van der Waals surface area contributed by atoms with E-state index in [4.69, 9.17) is 9.31 Å². The smallest absolute Gasteiger partial charge is 0.397 e. The highest BCUT2D eigenvalue weighted by Crippen LogP contribution is 2.36. The average Bonchev–Trinajstić information content (AvgIpc) is 2.90. The van der Waals surface area contributed by atoms with Gasteiger partial charge in [-0.2, -0.15) is 0 Å². The Hall–Kier alpha value is -2.64. The molecule has 142 valence electrons. The second kappa shape index (κ2) is 6.76. The standard InChI is InChI=1S/C21H21BFN3O2/c1-20(2)21(3,4)28-22(27-20)19-25-17(14-8-6-5-7-9-14)24-18(26-19)15-10-12-16(23)13-11-15/h5-13H,1-4H3. The van der Waals surface area contributed by atoms with Crippen LogP contribution in [0, 0.1) is 5.82 Å². The van der Waals surface area contributed by atoms with Gasteiger partial charge in [0.25, 0.3) is 0 Å². The van der Waals surface area contributed by atoms with Crippen LogP contribution in [0.1, 0.15) is 27.7 Å². The number of hydrogen-bond acceptors (Lipinski definition) is 5. The summed E-state index contributed by atoms with van der Waals surface area (Å²) in [7, 11) is -0.713. The van der Waals surface area contributed by atoms with Gasteiger partial charge in [0.2, 0.25) is 0 Å². The fourth-order valence-corrected chi connectivity index (χ4v) is 2.89. The van der Waals surface area contributed by atoms with Crippen LogP contribution in [0.2, 0.25) is 0 Å². The zero-order valence-corrected chi connectivity index (χ0v) is 16.3. The summed E-state index contributed by atoms with van der Waals surface area (Å²) in [4.78, 5) is 13.8. The van der Waals surface area contributed by atoms with E-state index in [0.29, 0.717) is 22.9 Å². The average molecular weight is 377 g/mol. The van der Waals surface area contributed by atoms with Crippen LogP contribution in [0.25, 0.3) is 22.8 Å². The van der Waals surface area contributed by atoms with Crippen molar-refractivity contribution in [2.24, 2.45) is 0 Å². The van der Waals surface area contributed by atoms with Crippen LogP contribution < -0.4 is 5.72 Å². The Balaban J connectivity index is 1.82. The van der Waals surface area contributed by atoms with Crippen LogP contribution in [-0.2, 0) is 9.31 Å². The van der Waals surface area contributed by atoms with Crippen molar-refractivity contribution in [1.29, 1.82) is 0 Å². The maximum absolute atomic E-state index is 13.3. The number of rotatable bonds is 3. The molecule has 1 fully saturated rings. The highest BCUT2D eigenvalue weighted by atomic mass is 19.1. The summed E-state index contributed by atoms with van der Waals surface area (Å²) in [5, 5.41) is 0. The Kier molecular flexibility index (Phi) is 4.52. The van der Waals surface area contributed by atoms with Gasteiger partial charge < -0.3 is 9.31 Å². The van der Waals surface area contributed by atoms with E-state index in [0.717, 1.165) is 5.56 Å². The van der Waals surface area contributed by atoms with Crippen LogP contribution in [0.5, 0.6) is 0 Å². The lowest BCUT2D eigenvalue weighted by molar-refractivity contribution is 0.00578. The molecular weight excluding hydrogens is 356 g/mol. The Morgan fingerprint density at radius 2 is 1.21 bits per heavy atom. The number of halogens is 1. The van der Waals surface area contributed by atoms with Gasteiger partial charge in [0.1, 0.15) is 5.82 Å². The van der Waals surface area contributed by atoms with Gasteiger partial charge in [-0.05, 0) is 52.0 Å². The third-order valence-corrected chi connectivity index (χ3v) is 5.25. The quantitative estimate of drug-likeness (QED) is 0.653. The van der Waals surface area contributed by atoms with Gasteiger partial charge in [-0.25, -0.2) is 19.3 Å². The molecule has 0 bridgehead atoms. The molecule has 0 unspecified atom stereocenters. The van der Waals surface area contributed by atoms with E-state index < -0.39 is 18.3 Å². The molecule has 5 nitrogen and oxygen atoms in total. The molecular formula is C21H21BFN3O2. The number of aromatic nitrogens is 3. The molecule has 1 saturated heterocycles. The molecule has 1 aliphatic heterocycles. The normalized spacial score (nSPS) is 17.7. The zero-order chi connectivity index (χ0) is 19.9. The van der Waals surface area contributed by atoms with E-state index in [1.165, 1.54) is 12.1 Å². The van der Waals surface area contributed by atoms with E-state index in [1.807, 2.05) is 58.0 Å². The van der Waals surface area contributed by atoms with Crippen LogP contribution in [0.15, 0.2) is 54.6 Å². The summed E-state index contributed by atoms with van der Waals surface area (Å²) in [5.41, 5.74) is 0.928. The summed E-state index contributed by atoms with van der Waals surface area (Å²) in [6.45, 7) is 7.92. The first kappa shape index (κ1) is 18.7. The number of nitrogens with zero attached hydrogens (tertiary/aromatic N) is 3. The lowest BCUT2D eigenvalue weighted by atomic mass is 9.89. The van der Waals surface area contributed by atoms with Gasteiger partial charge in [0.05, 0.1) is 11.2 Å². The minimum atomic E-state index is -0.713. The maximum atomic E-state index is 13.3. The second-order valence-electron chi connectivity index (χ2n) is 7.80. The Morgan fingerprint density at radius 3 is 1.75 bits per heavy atom. The maximum Gasteiger partial charge on any atom is 0.534 e. The highest BCUT2D eigenvalue weighted by Gasteiger charge is 2.53. The van der Waals surface area contributed by atoms with Gasteiger partial charge >= 0.3 is 7.12 Å². The predicted octanol–water partition coefficient (Wildman–Crippen LogP) is 3.64. The fraction of sp³-hybridized carbons (Fsp3) is 0.286. The molecule has 0 spiro atoms. The summed E-state index contributed by atoms with van der Waals surface area (Å²) in [6, 6.07) is 15.7. The molecule has 0 radical (unpaired) electrons. The molecule has 7 heteroatoms. The molecule has 3 aromatic rings. The lowest BCUT2D eigenvalue weighted by Crippen LogP contribution is -2.41. The van der Waals surface area contributed by atoms with Gasteiger partial charge in [-0.1, -0.05) is 30.3 Å². The van der Waals surface area contributed by atoms with Crippen molar-refractivity contribution in [2.45, 2.75) is 38.9 Å². The summed E-state index contributed by atoms with van der Waals surface area (Å²) >= 11 is 0. The molecule has 2 aromatic carbocycles. The van der Waals surface area contributed by atoms with Crippen molar-refractivity contribution in [1.82, 2.24) is 15.0 Å². The Bertz CT molecular complexity index is 978. The van der Waals surface area contributed by atoms with Crippen LogP contribution >= 0.6 is 0 Å². The summed E-state index contributed by atoms with van der Waals surface area (Å²) in [6.07, 6.45) is 0. The molecule has 0 N–H and O–H groups in total. The molecule has 0 saturated carbocycles. The van der Waals surface area contributed by atoms with Crippen molar-refractivity contribution in [3.05, 3.63) is 60.4 Å². The SMILES string of the molecule is CC1(C)OB(c2nc(-c3ccccc3)nc(-c3ccc(F)cc3)n2)OC1(C)C. The third kappa shape index (κ3) is 3.43. The van der Waals surface area contributed by atoms with E-state index in [9.17, 15) is 4.39 Å². The van der Waals surface area contributed by atoms with E-state index >= 15 is 0 Å². The first-order valence-electron chi connectivity index (χ1n) is 9.18. The monoisotopic (exact) mass is 377 g/mol. The zero-order valence-electron chi connectivity index (χ0n) is 16.3. The van der Waals surface area contributed by atoms with E-state index in [1.54, 1.807) is 12.1 Å². The van der Waals surface area contributed by atoms with Gasteiger partial charge in [0, 0.05) is 11.1 Å². The van der Waals surface area contributed by atoms with Crippen molar-refractivity contribution < 1.29 is 13.7 Å². The third-order valence-electron chi connectivity index (χ3n) is 5.25. The summed E-state index contributed by atoms with van der Waals surface area (Å²) < 4.78 is 25.6. The van der Waals surface area contributed by atoms with Crippen molar-refractivity contribution in [3.63, 3.8) is 0 Å². The van der Waals surface area contributed by atoms with Gasteiger partial charge in [0.15, 0.2) is 17.4 Å². The molecule has 1 aliphatic rings. The van der Waals surface area contributed by atoms with E-state index in [-0.39, 0.29) is 5.82 Å². The largest absolute Gasteiger partial charge is 0.534 e. The molecule has 2 heterocycles. The van der Waals surface area contributed by atoms with Gasteiger partial charge in [-0.15, -0.1) is 0 Å². The molecule has 0 aliphatic carbocycles. The number of hydrogen-bond donors (Lipinski definition) is 0. The first-order chi connectivity index (χ1) is 13.2. The van der Waals surface area contributed by atoms with Crippen molar-refractivity contribution in [2.75, 3.05) is 0 Å². The van der Waals surface area contributed by atoms with Crippen LogP contribution in [-0.4, -0.2) is 33.3 Å². The minimum absolute atomic E-state index is 0.313. The first-order valence-corrected chi connectivity index (χ1v) is 9.18. The second-order valence-corrected chi connectivity index (χ2v) is 7.80. The van der Waals surface area contributed by atoms with Gasteiger partial charge in [-0.3, -0.25) is 0 Å². The van der Waals surface area contributed by atoms with Crippen molar-refractivity contribution in [3.8, 4) is 22.8 Å². The molecule has 4 rings (SSSR count). The summed E-state index contributed by atoms with van der Waals surface area (Å²) in [5.74, 6) is 0.644. The highest BCUT2D eigenvalue weighted by molar-refractivity contribution is 6.60. The fourth-order valence-electron chi connectivity index (χ4n) is 2.89. The van der Waals surface area contributed by atoms with Crippen LogP contribution in [0.3, 0.4) is 0 Å². The molecule has 0 amide bonds. The minimum Gasteiger partial charge on any atom is -0.397 e. The Labute approximate surface area is 164 Å². The van der Waals surface area contributed by atoms with E-state index in [2.05, 4.69) is 15.0 Å². The molecule has 28 heavy (non-hydrogen) atoms.